The van der Waals surface area contributed by atoms with Crippen LogP contribution in [-0.2, 0) is 23.8 Å². The number of benzene rings is 4. The molecule has 0 aliphatic carbocycles. The Morgan fingerprint density at radius 1 is 0.600 bits per heavy atom. The average molecular weight is 866 g/mol. The first kappa shape index (κ1) is 48.3. The summed E-state index contributed by atoms with van der Waals surface area (Å²) in [6, 6.07) is 23.1. The van der Waals surface area contributed by atoms with Gasteiger partial charge in [-0.1, -0.05) is 47.5 Å². The number of carboxylic acids is 1. The first-order valence-electron chi connectivity index (χ1n) is 18.6. The van der Waals surface area contributed by atoms with Crippen LogP contribution in [0.3, 0.4) is 0 Å². The quantitative estimate of drug-likeness (QED) is 0.0971. The van der Waals surface area contributed by atoms with Gasteiger partial charge in [-0.15, -0.1) is 0 Å². The van der Waals surface area contributed by atoms with Crippen molar-refractivity contribution in [2.45, 2.75) is 59.7 Å². The smallest absolute Gasteiger partial charge is 0.410 e. The molecular formula is C44H50Cl2N4O10. The van der Waals surface area contributed by atoms with Gasteiger partial charge in [0.2, 0.25) is 11.8 Å². The van der Waals surface area contributed by atoms with E-state index in [-0.39, 0.29) is 24.6 Å². The van der Waals surface area contributed by atoms with Gasteiger partial charge in [0.1, 0.15) is 24.3 Å². The number of hydrogen-bond donors (Lipinski definition) is 3. The lowest BCUT2D eigenvalue weighted by molar-refractivity contribution is -0.117. The molecule has 0 aliphatic heterocycles. The zero-order chi connectivity index (χ0) is 44.9. The molecule has 0 fully saturated rings. The van der Waals surface area contributed by atoms with Crippen molar-refractivity contribution < 1.29 is 48.1 Å². The van der Waals surface area contributed by atoms with Gasteiger partial charge in [0.25, 0.3) is 0 Å². The maximum absolute atomic E-state index is 12.4. The summed E-state index contributed by atoms with van der Waals surface area (Å²) in [6.45, 7) is 12.2. The van der Waals surface area contributed by atoms with Gasteiger partial charge < -0.3 is 39.8 Å². The Labute approximate surface area is 359 Å². The molecule has 60 heavy (non-hydrogen) atoms. The number of esters is 1. The Bertz CT molecular complexity index is 2180. The number of carboxylic acid groups (broad SMARTS) is 1. The van der Waals surface area contributed by atoms with Gasteiger partial charge in [-0.25, -0.2) is 19.2 Å². The summed E-state index contributed by atoms with van der Waals surface area (Å²) >= 11 is 12.6. The van der Waals surface area contributed by atoms with E-state index in [9.17, 15) is 28.8 Å². The molecule has 0 heterocycles. The van der Waals surface area contributed by atoms with Crippen molar-refractivity contribution in [3.8, 4) is 22.3 Å². The number of nitrogens with one attached hydrogen (secondary N) is 2. The van der Waals surface area contributed by atoms with E-state index < -0.39 is 41.2 Å². The van der Waals surface area contributed by atoms with Crippen LogP contribution in [-0.4, -0.2) is 95.8 Å². The summed E-state index contributed by atoms with van der Waals surface area (Å²) in [4.78, 5) is 73.8. The van der Waals surface area contributed by atoms with Crippen LogP contribution >= 0.6 is 23.2 Å². The van der Waals surface area contributed by atoms with Gasteiger partial charge >= 0.3 is 24.1 Å². The molecule has 0 radical (unpaired) electrons. The SMILES string of the molecule is CCOC(=O)c1ccc(-c2cc(NC(=O)CN(C)C(=O)OC(C)(C)C)ccc2Cl)cc1.CN(CC(=O)Nc1ccc(Cl)c(-c2ccc(C(=O)O)cc2)c1)C(=O)OC(C)(C)C. The second kappa shape index (κ2) is 21.2. The lowest BCUT2D eigenvalue weighted by Crippen LogP contribution is -2.38. The molecule has 4 aromatic carbocycles. The number of nitrogens with zero attached hydrogens (tertiary/aromatic N) is 2. The molecule has 0 unspecified atom stereocenters. The summed E-state index contributed by atoms with van der Waals surface area (Å²) in [5.74, 6) is -2.18. The molecule has 0 saturated heterocycles. The van der Waals surface area contributed by atoms with Crippen molar-refractivity contribution in [2.24, 2.45) is 0 Å². The molecule has 4 amide bonds. The molecule has 4 rings (SSSR count). The number of hydrogen-bond acceptors (Lipinski definition) is 9. The summed E-state index contributed by atoms with van der Waals surface area (Å²) in [5, 5.41) is 15.4. The van der Waals surface area contributed by atoms with E-state index in [0.29, 0.717) is 50.3 Å². The van der Waals surface area contributed by atoms with E-state index in [1.54, 1.807) is 121 Å². The highest BCUT2D eigenvalue weighted by molar-refractivity contribution is 6.34. The van der Waals surface area contributed by atoms with E-state index in [4.69, 9.17) is 42.5 Å². The second-order valence-electron chi connectivity index (χ2n) is 15.3. The van der Waals surface area contributed by atoms with Gasteiger partial charge in [-0.05, 0) is 120 Å². The molecule has 0 atom stereocenters. The zero-order valence-electron chi connectivity index (χ0n) is 35.0. The topological polar surface area (TPSA) is 181 Å². The second-order valence-corrected chi connectivity index (χ2v) is 16.2. The zero-order valence-corrected chi connectivity index (χ0v) is 36.5. The number of ether oxygens (including phenoxy) is 3. The minimum absolute atomic E-state index is 0.166. The molecule has 0 aromatic heterocycles. The van der Waals surface area contributed by atoms with E-state index in [0.717, 1.165) is 5.56 Å². The Morgan fingerprint density at radius 3 is 1.30 bits per heavy atom. The third kappa shape index (κ3) is 15.6. The molecule has 0 bridgehead atoms. The maximum Gasteiger partial charge on any atom is 0.410 e. The Morgan fingerprint density at radius 2 is 0.967 bits per heavy atom. The van der Waals surface area contributed by atoms with Gasteiger partial charge in [-0.2, -0.15) is 0 Å². The normalized spacial score (nSPS) is 10.9. The molecule has 320 valence electrons. The van der Waals surface area contributed by atoms with E-state index in [2.05, 4.69) is 10.6 Å². The third-order valence-corrected chi connectivity index (χ3v) is 8.48. The van der Waals surface area contributed by atoms with Crippen LogP contribution in [0.25, 0.3) is 22.3 Å². The number of aromatic carboxylic acids is 1. The first-order chi connectivity index (χ1) is 28.0. The van der Waals surface area contributed by atoms with Crippen molar-refractivity contribution in [3.63, 3.8) is 0 Å². The van der Waals surface area contributed by atoms with Crippen LogP contribution in [0.15, 0.2) is 84.9 Å². The van der Waals surface area contributed by atoms with Gasteiger partial charge in [-0.3, -0.25) is 9.59 Å². The van der Waals surface area contributed by atoms with E-state index in [1.807, 2.05) is 0 Å². The number of carbonyl (C=O) groups is 6. The fraction of sp³-hybridized carbons (Fsp3) is 0.318. The predicted octanol–water partition coefficient (Wildman–Crippen LogP) is 9.50. The monoisotopic (exact) mass is 864 g/mol. The highest BCUT2D eigenvalue weighted by Gasteiger charge is 2.23. The van der Waals surface area contributed by atoms with Crippen LogP contribution in [0.1, 0.15) is 69.2 Å². The van der Waals surface area contributed by atoms with Gasteiger partial charge in [0, 0.05) is 46.6 Å². The van der Waals surface area contributed by atoms with Crippen molar-refractivity contribution in [3.05, 3.63) is 106 Å². The highest BCUT2D eigenvalue weighted by atomic mass is 35.5. The first-order valence-corrected chi connectivity index (χ1v) is 19.4. The minimum Gasteiger partial charge on any atom is -0.478 e. The largest absolute Gasteiger partial charge is 0.478 e. The van der Waals surface area contributed by atoms with Crippen LogP contribution in [0.5, 0.6) is 0 Å². The summed E-state index contributed by atoms with van der Waals surface area (Å²) in [5.41, 5.74) is 3.15. The number of halogens is 2. The molecular weight excluding hydrogens is 815 g/mol. The summed E-state index contributed by atoms with van der Waals surface area (Å²) in [6.07, 6.45) is -1.18. The molecule has 3 N–H and O–H groups in total. The molecule has 14 nitrogen and oxygen atoms in total. The van der Waals surface area contributed by atoms with Crippen LogP contribution in [0.4, 0.5) is 21.0 Å². The predicted molar refractivity (Wildman–Crippen MR) is 232 cm³/mol. The van der Waals surface area contributed by atoms with Crippen LogP contribution in [0, 0.1) is 0 Å². The minimum atomic E-state index is -1.02. The number of rotatable bonds is 11. The fourth-order valence-electron chi connectivity index (χ4n) is 5.08. The summed E-state index contributed by atoms with van der Waals surface area (Å²) in [7, 11) is 2.97. The number of likely N-dealkylation sites (N-methyl/N-ethyl adjacent to an activating group) is 2. The highest BCUT2D eigenvalue weighted by Crippen LogP contribution is 2.32. The van der Waals surface area contributed by atoms with Crippen LogP contribution in [0.2, 0.25) is 10.0 Å². The van der Waals surface area contributed by atoms with Crippen LogP contribution < -0.4 is 10.6 Å². The average Bonchev–Trinajstić information content (AvgIpc) is 3.15. The van der Waals surface area contributed by atoms with Crippen molar-refractivity contribution in [1.29, 1.82) is 0 Å². The van der Waals surface area contributed by atoms with Gasteiger partial charge in [0.15, 0.2) is 0 Å². The summed E-state index contributed by atoms with van der Waals surface area (Å²) < 4.78 is 15.4. The van der Waals surface area contributed by atoms with E-state index in [1.165, 1.54) is 36.0 Å². The Kier molecular flexibility index (Phi) is 17.1. The van der Waals surface area contributed by atoms with Gasteiger partial charge in [0.05, 0.1) is 17.7 Å². The number of anilines is 2. The number of amides is 4. The third-order valence-electron chi connectivity index (χ3n) is 7.82. The van der Waals surface area contributed by atoms with Crippen molar-refractivity contribution >= 4 is 70.5 Å². The molecule has 0 spiro atoms. The lowest BCUT2D eigenvalue weighted by atomic mass is 10.0. The Hall–Kier alpha value is -6.12. The number of carbonyl (C=O) groups excluding carboxylic acids is 5. The maximum atomic E-state index is 12.4. The van der Waals surface area contributed by atoms with Crippen molar-refractivity contribution in [2.75, 3.05) is 44.4 Å². The van der Waals surface area contributed by atoms with Crippen molar-refractivity contribution in [1.82, 2.24) is 9.80 Å². The lowest BCUT2D eigenvalue weighted by Gasteiger charge is -2.24. The Balaban J connectivity index is 0.000000321. The molecule has 4 aromatic rings. The standard InChI is InChI=1S/C23H27ClN2O5.C21H23ClN2O5/c1-6-30-21(28)16-9-7-15(8-10-16)18-13-17(11-12-19(18)24)25-20(27)14-26(5)22(29)31-23(2,3)4;1-21(2,3)29-20(28)24(4)12-18(25)23-15-9-10-17(22)16(11-15)13-5-7-14(8-6-13)19(26)27/h7-13H,6,14H2,1-5H3,(H,25,27);5-11H,12H2,1-4H3,(H,23,25)(H,26,27). The van der Waals surface area contributed by atoms with E-state index >= 15 is 0 Å². The fourth-order valence-corrected chi connectivity index (χ4v) is 5.54. The molecule has 16 heteroatoms. The molecule has 0 aliphatic rings. The molecule has 0 saturated carbocycles.